The van der Waals surface area contributed by atoms with Crippen molar-refractivity contribution < 1.29 is 9.53 Å². The summed E-state index contributed by atoms with van der Waals surface area (Å²) in [6.45, 7) is 0.797. The summed E-state index contributed by atoms with van der Waals surface area (Å²) in [5, 5.41) is 0. The summed E-state index contributed by atoms with van der Waals surface area (Å²) in [5.41, 5.74) is 1.13. The molecule has 1 saturated heterocycles. The molecule has 2 atom stereocenters. The van der Waals surface area contributed by atoms with Crippen LogP contribution in [-0.2, 0) is 11.2 Å². The molecule has 2 aliphatic rings. The van der Waals surface area contributed by atoms with E-state index in [0.29, 0.717) is 0 Å². The molecule has 90 valence electrons. The van der Waals surface area contributed by atoms with E-state index in [9.17, 15) is 4.79 Å². The molecule has 17 heavy (non-hydrogen) atoms. The lowest BCUT2D eigenvalue weighted by molar-refractivity contribution is -0.142. The summed E-state index contributed by atoms with van der Waals surface area (Å²) < 4.78 is 6.98. The van der Waals surface area contributed by atoms with Crippen molar-refractivity contribution in [2.75, 3.05) is 13.6 Å². The highest BCUT2D eigenvalue weighted by atomic mass is 79.9. The fourth-order valence-corrected chi connectivity index (χ4v) is 3.07. The highest BCUT2D eigenvalue weighted by Gasteiger charge is 2.39. The number of likely N-dealkylation sites (tertiary alicyclic amines) is 1. The molecule has 0 N–H and O–H groups in total. The largest absolute Gasteiger partial charge is 0.489 e. The Morgan fingerprint density at radius 3 is 3.12 bits per heavy atom. The fourth-order valence-electron chi connectivity index (χ4n) is 2.66. The Kier molecular flexibility index (Phi) is 2.62. The number of hydrogen-bond donors (Lipinski definition) is 0. The number of nitrogens with zero attached hydrogens (tertiary/aromatic N) is 1. The van der Waals surface area contributed by atoms with E-state index in [2.05, 4.69) is 15.9 Å². The molecule has 1 aromatic carbocycles. The lowest BCUT2D eigenvalue weighted by Gasteiger charge is -2.39. The molecule has 3 rings (SSSR count). The number of hydrogen-bond acceptors (Lipinski definition) is 2. The van der Waals surface area contributed by atoms with Gasteiger partial charge in [0.25, 0.3) is 0 Å². The number of halogens is 1. The number of amides is 1. The minimum absolute atomic E-state index is 0.00412. The van der Waals surface area contributed by atoms with Gasteiger partial charge in [0.15, 0.2) is 0 Å². The Balaban J connectivity index is 1.94. The van der Waals surface area contributed by atoms with Gasteiger partial charge in [-0.2, -0.15) is 0 Å². The molecule has 0 unspecified atom stereocenters. The Labute approximate surface area is 109 Å². The third kappa shape index (κ3) is 1.84. The summed E-state index contributed by atoms with van der Waals surface area (Å²) in [5.74, 6) is 1.15. The summed E-state index contributed by atoms with van der Waals surface area (Å²) in [6.07, 6.45) is 1.79. The van der Waals surface area contributed by atoms with Gasteiger partial charge < -0.3 is 9.64 Å². The van der Waals surface area contributed by atoms with Crippen molar-refractivity contribution in [3.63, 3.8) is 0 Å². The van der Waals surface area contributed by atoms with Crippen molar-refractivity contribution in [3.05, 3.63) is 28.2 Å². The van der Waals surface area contributed by atoms with Crippen molar-refractivity contribution in [1.82, 2.24) is 4.90 Å². The molecule has 0 aromatic heterocycles. The first-order valence-corrected chi connectivity index (χ1v) is 6.64. The maximum Gasteiger partial charge on any atom is 0.229 e. The van der Waals surface area contributed by atoms with Gasteiger partial charge in [-0.15, -0.1) is 0 Å². The van der Waals surface area contributed by atoms with Gasteiger partial charge in [0, 0.05) is 24.5 Å². The predicted octanol–water partition coefficient (Wildman–Crippen LogP) is 2.23. The Bertz CT molecular complexity index is 474. The molecule has 0 aliphatic carbocycles. The summed E-state index contributed by atoms with van der Waals surface area (Å²) in [6, 6.07) is 6.02. The maximum absolute atomic E-state index is 12.1. The van der Waals surface area contributed by atoms with E-state index in [1.165, 1.54) is 0 Å². The van der Waals surface area contributed by atoms with E-state index < -0.39 is 0 Å². The van der Waals surface area contributed by atoms with Crippen LogP contribution in [0.2, 0.25) is 0 Å². The normalized spacial score (nSPS) is 27.2. The quantitative estimate of drug-likeness (QED) is 0.735. The second kappa shape index (κ2) is 4.02. The molecule has 3 nitrogen and oxygen atoms in total. The van der Waals surface area contributed by atoms with Crippen LogP contribution in [0, 0.1) is 5.92 Å². The van der Waals surface area contributed by atoms with Crippen LogP contribution in [0.5, 0.6) is 5.75 Å². The average molecular weight is 296 g/mol. The van der Waals surface area contributed by atoms with Crippen molar-refractivity contribution in [2.24, 2.45) is 5.92 Å². The number of ether oxygens (including phenoxy) is 1. The smallest absolute Gasteiger partial charge is 0.229 e. The standard InChI is InChI=1S/C13H14BrNO2/c1-15-5-4-12-10(13(15)16)7-8-6-9(14)2-3-11(8)17-12/h2-3,6,10,12H,4-5,7H2,1H3/t10-,12+/m1/s1. The molecule has 2 aliphatic heterocycles. The molecule has 1 aromatic rings. The number of fused-ring (bicyclic) bond motifs is 2. The van der Waals surface area contributed by atoms with Gasteiger partial charge in [-0.3, -0.25) is 4.79 Å². The number of piperidine rings is 1. The van der Waals surface area contributed by atoms with Crippen LogP contribution in [0.25, 0.3) is 0 Å². The molecule has 0 radical (unpaired) electrons. The number of benzene rings is 1. The third-order valence-electron chi connectivity index (χ3n) is 3.63. The second-order valence-electron chi connectivity index (χ2n) is 4.77. The molecule has 4 heteroatoms. The van der Waals surface area contributed by atoms with Gasteiger partial charge in [0.05, 0.1) is 5.92 Å². The SMILES string of the molecule is CN1CC[C@@H]2Oc3ccc(Br)cc3C[C@H]2C1=O. The van der Waals surface area contributed by atoms with E-state index in [-0.39, 0.29) is 17.9 Å². The van der Waals surface area contributed by atoms with E-state index in [0.717, 1.165) is 35.2 Å². The second-order valence-corrected chi connectivity index (χ2v) is 5.68. The minimum atomic E-state index is -0.00412. The van der Waals surface area contributed by atoms with Crippen LogP contribution in [0.1, 0.15) is 12.0 Å². The number of carbonyl (C=O) groups excluding carboxylic acids is 1. The lowest BCUT2D eigenvalue weighted by atomic mass is 9.85. The van der Waals surface area contributed by atoms with Gasteiger partial charge in [-0.1, -0.05) is 15.9 Å². The zero-order valence-electron chi connectivity index (χ0n) is 9.65. The van der Waals surface area contributed by atoms with Gasteiger partial charge in [-0.05, 0) is 30.2 Å². The van der Waals surface area contributed by atoms with Crippen LogP contribution in [0.4, 0.5) is 0 Å². The molecule has 0 spiro atoms. The summed E-state index contributed by atoms with van der Waals surface area (Å²) in [4.78, 5) is 13.9. The molecular formula is C13H14BrNO2. The maximum atomic E-state index is 12.1. The van der Waals surface area contributed by atoms with Gasteiger partial charge in [0.2, 0.25) is 5.91 Å². The van der Waals surface area contributed by atoms with Gasteiger partial charge >= 0.3 is 0 Å². The van der Waals surface area contributed by atoms with Gasteiger partial charge in [0.1, 0.15) is 11.9 Å². The zero-order chi connectivity index (χ0) is 12.0. The molecule has 1 amide bonds. The summed E-state index contributed by atoms with van der Waals surface area (Å²) in [7, 11) is 1.87. The van der Waals surface area contributed by atoms with E-state index in [1.54, 1.807) is 0 Å². The van der Waals surface area contributed by atoms with Crippen LogP contribution >= 0.6 is 15.9 Å². The highest BCUT2D eigenvalue weighted by molar-refractivity contribution is 9.10. The summed E-state index contributed by atoms with van der Waals surface area (Å²) >= 11 is 3.45. The van der Waals surface area contributed by atoms with Crippen molar-refractivity contribution in [1.29, 1.82) is 0 Å². The van der Waals surface area contributed by atoms with E-state index in [4.69, 9.17) is 4.74 Å². The van der Waals surface area contributed by atoms with Crippen LogP contribution < -0.4 is 4.74 Å². The first-order valence-electron chi connectivity index (χ1n) is 5.85. The minimum Gasteiger partial charge on any atom is -0.489 e. The van der Waals surface area contributed by atoms with Crippen molar-refractivity contribution >= 4 is 21.8 Å². The highest BCUT2D eigenvalue weighted by Crippen LogP contribution is 2.36. The topological polar surface area (TPSA) is 29.5 Å². The Hall–Kier alpha value is -1.03. The van der Waals surface area contributed by atoms with Crippen LogP contribution in [0.3, 0.4) is 0 Å². The van der Waals surface area contributed by atoms with E-state index >= 15 is 0 Å². The monoisotopic (exact) mass is 295 g/mol. The number of carbonyl (C=O) groups is 1. The molecule has 1 fully saturated rings. The molecule has 0 bridgehead atoms. The lowest BCUT2D eigenvalue weighted by Crippen LogP contribution is -2.50. The molecular weight excluding hydrogens is 282 g/mol. The van der Waals surface area contributed by atoms with Crippen LogP contribution in [-0.4, -0.2) is 30.5 Å². The zero-order valence-corrected chi connectivity index (χ0v) is 11.2. The van der Waals surface area contributed by atoms with Gasteiger partial charge in [-0.25, -0.2) is 0 Å². The average Bonchev–Trinajstić information content (AvgIpc) is 2.32. The third-order valence-corrected chi connectivity index (χ3v) is 4.13. The van der Waals surface area contributed by atoms with Crippen LogP contribution in [0.15, 0.2) is 22.7 Å². The Morgan fingerprint density at radius 1 is 1.47 bits per heavy atom. The van der Waals surface area contributed by atoms with Crippen molar-refractivity contribution in [2.45, 2.75) is 18.9 Å². The first-order chi connectivity index (χ1) is 8.15. The molecule has 2 heterocycles. The fraction of sp³-hybridized carbons (Fsp3) is 0.462. The molecule has 0 saturated carbocycles. The van der Waals surface area contributed by atoms with Crippen molar-refractivity contribution in [3.8, 4) is 5.75 Å². The first kappa shape index (κ1) is 11.1. The van der Waals surface area contributed by atoms with E-state index in [1.807, 2.05) is 30.1 Å². The number of rotatable bonds is 0. The predicted molar refractivity (Wildman–Crippen MR) is 68.0 cm³/mol. The Morgan fingerprint density at radius 2 is 2.29 bits per heavy atom.